The minimum Gasteiger partial charge on any atom is -0.301 e. The molecule has 2 heteroatoms. The maximum absolute atomic E-state index is 8.87. The molecular formula is C13H24N2. The fourth-order valence-corrected chi connectivity index (χ4v) is 2.76. The number of piperidine rings is 1. The van der Waals surface area contributed by atoms with E-state index in [-0.39, 0.29) is 0 Å². The van der Waals surface area contributed by atoms with Crippen molar-refractivity contribution < 1.29 is 0 Å². The summed E-state index contributed by atoms with van der Waals surface area (Å²) < 4.78 is 0. The van der Waals surface area contributed by atoms with Gasteiger partial charge in [0.2, 0.25) is 0 Å². The third kappa shape index (κ3) is 3.21. The van der Waals surface area contributed by atoms with Crippen LogP contribution in [0.2, 0.25) is 0 Å². The highest BCUT2D eigenvalue weighted by atomic mass is 15.2. The van der Waals surface area contributed by atoms with Crippen LogP contribution >= 0.6 is 0 Å². The van der Waals surface area contributed by atoms with Gasteiger partial charge in [-0.05, 0) is 44.6 Å². The fourth-order valence-electron chi connectivity index (χ4n) is 2.76. The summed E-state index contributed by atoms with van der Waals surface area (Å²) >= 11 is 0. The van der Waals surface area contributed by atoms with Crippen LogP contribution in [0.25, 0.3) is 0 Å². The van der Waals surface area contributed by atoms with Gasteiger partial charge in [0, 0.05) is 19.0 Å². The second-order valence-corrected chi connectivity index (χ2v) is 5.41. The zero-order chi connectivity index (χ0) is 11.4. The number of rotatable bonds is 3. The van der Waals surface area contributed by atoms with Crippen molar-refractivity contribution >= 4 is 0 Å². The Balaban J connectivity index is 2.61. The third-order valence-corrected chi connectivity index (χ3v) is 3.76. The van der Waals surface area contributed by atoms with Crippen molar-refractivity contribution in [2.24, 2.45) is 17.8 Å². The van der Waals surface area contributed by atoms with Gasteiger partial charge in [0.05, 0.1) is 6.07 Å². The molecule has 0 aromatic carbocycles. The molecule has 0 saturated carbocycles. The van der Waals surface area contributed by atoms with E-state index < -0.39 is 0 Å². The first kappa shape index (κ1) is 12.5. The molecule has 0 spiro atoms. The molecule has 0 aromatic rings. The van der Waals surface area contributed by atoms with Gasteiger partial charge in [-0.1, -0.05) is 13.8 Å². The topological polar surface area (TPSA) is 27.0 Å². The summed E-state index contributed by atoms with van der Waals surface area (Å²) in [6.07, 6.45) is 1.99. The quantitative estimate of drug-likeness (QED) is 0.713. The molecule has 0 aliphatic carbocycles. The van der Waals surface area contributed by atoms with Crippen molar-refractivity contribution in [1.82, 2.24) is 4.90 Å². The first-order chi connectivity index (χ1) is 7.06. The fraction of sp³-hybridized carbons (Fsp3) is 0.923. The van der Waals surface area contributed by atoms with Gasteiger partial charge in [-0.3, -0.25) is 0 Å². The summed E-state index contributed by atoms with van der Waals surface area (Å²) in [7, 11) is 0. The first-order valence-corrected chi connectivity index (χ1v) is 6.17. The smallest absolute Gasteiger partial charge is 0.0625 e. The lowest BCUT2D eigenvalue weighted by atomic mass is 9.76. The molecule has 1 heterocycles. The molecular weight excluding hydrogens is 184 g/mol. The molecule has 0 aromatic heterocycles. The van der Waals surface area contributed by atoms with E-state index in [1.165, 1.54) is 13.0 Å². The van der Waals surface area contributed by atoms with E-state index in [9.17, 15) is 0 Å². The van der Waals surface area contributed by atoms with E-state index >= 15 is 0 Å². The van der Waals surface area contributed by atoms with Crippen LogP contribution in [0.4, 0.5) is 0 Å². The molecule has 0 amide bonds. The highest BCUT2D eigenvalue weighted by Crippen LogP contribution is 2.32. The molecule has 1 fully saturated rings. The second kappa shape index (κ2) is 5.51. The van der Waals surface area contributed by atoms with Crippen molar-refractivity contribution in [2.45, 2.75) is 46.6 Å². The highest BCUT2D eigenvalue weighted by Gasteiger charge is 2.31. The van der Waals surface area contributed by atoms with Crippen molar-refractivity contribution in [3.63, 3.8) is 0 Å². The lowest BCUT2D eigenvalue weighted by Crippen LogP contribution is -2.45. The number of hydrogen-bond donors (Lipinski definition) is 0. The Bertz CT molecular complexity index is 227. The van der Waals surface area contributed by atoms with Crippen molar-refractivity contribution in [3.05, 3.63) is 0 Å². The Hall–Kier alpha value is -0.550. The van der Waals surface area contributed by atoms with Gasteiger partial charge in [0.15, 0.2) is 0 Å². The van der Waals surface area contributed by atoms with E-state index in [4.69, 9.17) is 5.26 Å². The van der Waals surface area contributed by atoms with Gasteiger partial charge in [0.25, 0.3) is 0 Å². The molecule has 2 nitrogen and oxygen atoms in total. The molecule has 15 heavy (non-hydrogen) atoms. The largest absolute Gasteiger partial charge is 0.301 e. The van der Waals surface area contributed by atoms with Crippen LogP contribution in [0.3, 0.4) is 0 Å². The molecule has 1 aliphatic heterocycles. The molecule has 0 N–H and O–H groups in total. The Labute approximate surface area is 94.3 Å². The van der Waals surface area contributed by atoms with E-state index in [1.54, 1.807) is 0 Å². The van der Waals surface area contributed by atoms with E-state index in [0.29, 0.717) is 12.0 Å². The van der Waals surface area contributed by atoms with Crippen molar-refractivity contribution in [3.8, 4) is 6.07 Å². The number of hydrogen-bond acceptors (Lipinski definition) is 2. The maximum atomic E-state index is 8.87. The predicted molar refractivity (Wildman–Crippen MR) is 63.4 cm³/mol. The average molecular weight is 208 g/mol. The summed E-state index contributed by atoms with van der Waals surface area (Å²) in [5.41, 5.74) is 0. The predicted octanol–water partition coefficient (Wildman–Crippen LogP) is 2.90. The standard InChI is InChI=1S/C13H24N2/c1-10(2)13-6-8-15(11(3)4)9-12(13)5-7-14/h10-13H,5-6,8-9H2,1-4H3/t12-,13?/m0/s1. The molecule has 86 valence electrons. The van der Waals surface area contributed by atoms with Crippen LogP contribution < -0.4 is 0 Å². The van der Waals surface area contributed by atoms with Gasteiger partial charge >= 0.3 is 0 Å². The van der Waals surface area contributed by atoms with Crippen LogP contribution in [0, 0.1) is 29.1 Å². The lowest BCUT2D eigenvalue weighted by Gasteiger charge is -2.41. The summed E-state index contributed by atoms with van der Waals surface area (Å²) in [6, 6.07) is 2.98. The molecule has 0 radical (unpaired) electrons. The highest BCUT2D eigenvalue weighted by molar-refractivity contribution is 4.88. The molecule has 0 bridgehead atoms. The van der Waals surface area contributed by atoms with Gasteiger partial charge in [-0.25, -0.2) is 0 Å². The first-order valence-electron chi connectivity index (χ1n) is 6.17. The van der Waals surface area contributed by atoms with Gasteiger partial charge in [-0.2, -0.15) is 5.26 Å². The monoisotopic (exact) mass is 208 g/mol. The van der Waals surface area contributed by atoms with Gasteiger partial charge in [-0.15, -0.1) is 0 Å². The number of nitrogens with zero attached hydrogens (tertiary/aromatic N) is 2. The zero-order valence-electron chi connectivity index (χ0n) is 10.5. The second-order valence-electron chi connectivity index (χ2n) is 5.41. The Morgan fingerprint density at radius 1 is 1.33 bits per heavy atom. The molecule has 1 unspecified atom stereocenters. The maximum Gasteiger partial charge on any atom is 0.0625 e. The summed E-state index contributed by atoms with van der Waals surface area (Å²) in [6.45, 7) is 11.4. The molecule has 1 saturated heterocycles. The normalized spacial score (nSPS) is 28.3. The lowest BCUT2D eigenvalue weighted by molar-refractivity contribution is 0.0729. The van der Waals surface area contributed by atoms with Gasteiger partial charge in [0.1, 0.15) is 0 Å². The van der Waals surface area contributed by atoms with Gasteiger partial charge < -0.3 is 4.90 Å². The summed E-state index contributed by atoms with van der Waals surface area (Å²) in [5.74, 6) is 2.06. The molecule has 1 rings (SSSR count). The Kier molecular flexibility index (Phi) is 4.60. The van der Waals surface area contributed by atoms with Crippen LogP contribution in [0.15, 0.2) is 0 Å². The number of nitriles is 1. The van der Waals surface area contributed by atoms with Crippen LogP contribution in [-0.4, -0.2) is 24.0 Å². The molecule has 1 aliphatic rings. The van der Waals surface area contributed by atoms with Crippen LogP contribution in [0.1, 0.15) is 40.5 Å². The van der Waals surface area contributed by atoms with Crippen LogP contribution in [0.5, 0.6) is 0 Å². The minimum atomic E-state index is 0.589. The SMILES string of the molecule is CC(C)C1CCN(C(C)C)C[C@@H]1CC#N. The Morgan fingerprint density at radius 2 is 2.00 bits per heavy atom. The van der Waals surface area contributed by atoms with E-state index in [2.05, 4.69) is 38.7 Å². The van der Waals surface area contributed by atoms with E-state index in [0.717, 1.165) is 24.8 Å². The summed E-state index contributed by atoms with van der Waals surface area (Å²) in [5, 5.41) is 8.87. The molecule has 2 atom stereocenters. The average Bonchev–Trinajstić information content (AvgIpc) is 2.17. The van der Waals surface area contributed by atoms with E-state index in [1.807, 2.05) is 0 Å². The van der Waals surface area contributed by atoms with Crippen LogP contribution in [-0.2, 0) is 0 Å². The number of likely N-dealkylation sites (tertiary alicyclic amines) is 1. The Morgan fingerprint density at radius 3 is 2.47 bits per heavy atom. The zero-order valence-corrected chi connectivity index (χ0v) is 10.5. The minimum absolute atomic E-state index is 0.589. The third-order valence-electron chi connectivity index (χ3n) is 3.76. The van der Waals surface area contributed by atoms with Crippen molar-refractivity contribution in [1.29, 1.82) is 5.26 Å². The summed E-state index contributed by atoms with van der Waals surface area (Å²) in [4.78, 5) is 2.51. The van der Waals surface area contributed by atoms with Crippen molar-refractivity contribution in [2.75, 3.05) is 13.1 Å².